The third kappa shape index (κ3) is 3.31. The Hall–Kier alpha value is -2.00. The fourth-order valence-electron chi connectivity index (χ4n) is 2.20. The molecule has 0 saturated carbocycles. The molecule has 0 radical (unpaired) electrons. The van der Waals surface area contributed by atoms with Crippen LogP contribution in [0.2, 0.25) is 0 Å². The summed E-state index contributed by atoms with van der Waals surface area (Å²) < 4.78 is 5.39. The summed E-state index contributed by atoms with van der Waals surface area (Å²) in [4.78, 5) is 2.17. The van der Waals surface area contributed by atoms with E-state index in [4.69, 9.17) is 4.74 Å². The zero-order valence-electron chi connectivity index (χ0n) is 12.3. The number of aryl methyl sites for hydroxylation is 1. The van der Waals surface area contributed by atoms with E-state index in [-0.39, 0.29) is 6.61 Å². The van der Waals surface area contributed by atoms with Gasteiger partial charge in [-0.2, -0.15) is 0 Å². The number of hydrogen-bond acceptors (Lipinski definition) is 3. The van der Waals surface area contributed by atoms with Gasteiger partial charge in [0.15, 0.2) is 0 Å². The van der Waals surface area contributed by atoms with Gasteiger partial charge in [-0.25, -0.2) is 0 Å². The van der Waals surface area contributed by atoms with E-state index in [1.807, 2.05) is 18.2 Å². The van der Waals surface area contributed by atoms with Crippen LogP contribution >= 0.6 is 0 Å². The number of anilines is 1. The molecular formula is C17H21NO2. The summed E-state index contributed by atoms with van der Waals surface area (Å²) >= 11 is 0. The molecule has 0 bridgehead atoms. The second-order valence-electron chi connectivity index (χ2n) is 5.00. The Bertz CT molecular complexity index is 564. The molecule has 2 aromatic rings. The number of aliphatic hydroxyl groups is 1. The van der Waals surface area contributed by atoms with Crippen LogP contribution in [-0.4, -0.2) is 19.3 Å². The van der Waals surface area contributed by atoms with Crippen LogP contribution in [-0.2, 0) is 13.2 Å². The van der Waals surface area contributed by atoms with Crippen molar-refractivity contribution >= 4 is 5.69 Å². The maximum absolute atomic E-state index is 9.25. The Morgan fingerprint density at radius 2 is 1.80 bits per heavy atom. The summed E-state index contributed by atoms with van der Waals surface area (Å²) in [5.74, 6) is 0.848. The van der Waals surface area contributed by atoms with Gasteiger partial charge in [0.05, 0.1) is 13.7 Å². The molecule has 2 aromatic carbocycles. The molecule has 0 heterocycles. The Morgan fingerprint density at radius 1 is 1.10 bits per heavy atom. The van der Waals surface area contributed by atoms with Gasteiger partial charge in [-0.3, -0.25) is 0 Å². The van der Waals surface area contributed by atoms with Gasteiger partial charge in [-0.1, -0.05) is 23.8 Å². The van der Waals surface area contributed by atoms with E-state index in [0.29, 0.717) is 0 Å². The number of aliphatic hydroxyl groups excluding tert-OH is 1. The highest BCUT2D eigenvalue weighted by Crippen LogP contribution is 2.24. The smallest absolute Gasteiger partial charge is 0.123 e. The van der Waals surface area contributed by atoms with Gasteiger partial charge >= 0.3 is 0 Å². The van der Waals surface area contributed by atoms with Gasteiger partial charge in [-0.05, 0) is 36.8 Å². The summed E-state index contributed by atoms with van der Waals surface area (Å²) in [6.45, 7) is 2.86. The van der Waals surface area contributed by atoms with Gasteiger partial charge in [0, 0.05) is 24.8 Å². The molecule has 2 rings (SSSR count). The molecule has 0 saturated heterocycles. The van der Waals surface area contributed by atoms with Crippen molar-refractivity contribution in [2.75, 3.05) is 19.1 Å². The molecule has 0 aliphatic carbocycles. The Labute approximate surface area is 120 Å². The van der Waals surface area contributed by atoms with Gasteiger partial charge < -0.3 is 14.7 Å². The number of ether oxygens (including phenoxy) is 1. The zero-order valence-corrected chi connectivity index (χ0v) is 12.3. The summed E-state index contributed by atoms with van der Waals surface area (Å²) in [6, 6.07) is 14.2. The van der Waals surface area contributed by atoms with Gasteiger partial charge in [-0.15, -0.1) is 0 Å². The van der Waals surface area contributed by atoms with E-state index in [1.54, 1.807) is 7.11 Å². The standard InChI is InChI=1S/C17H21NO2/c1-13-4-7-16(8-5-13)18(2)11-15-10-14(12-19)6-9-17(15)20-3/h4-10,19H,11-12H2,1-3H3. The van der Waals surface area contributed by atoms with Crippen LogP contribution in [0.25, 0.3) is 0 Å². The van der Waals surface area contributed by atoms with Crippen molar-refractivity contribution in [2.24, 2.45) is 0 Å². The molecule has 3 nitrogen and oxygen atoms in total. The highest BCUT2D eigenvalue weighted by molar-refractivity contribution is 5.49. The van der Waals surface area contributed by atoms with Gasteiger partial charge in [0.25, 0.3) is 0 Å². The van der Waals surface area contributed by atoms with Crippen LogP contribution in [0.15, 0.2) is 42.5 Å². The SMILES string of the molecule is COc1ccc(CO)cc1CN(C)c1ccc(C)cc1. The summed E-state index contributed by atoms with van der Waals surface area (Å²) in [5, 5.41) is 9.25. The van der Waals surface area contributed by atoms with Crippen LogP contribution in [0.4, 0.5) is 5.69 Å². The van der Waals surface area contributed by atoms with Gasteiger partial charge in [0.2, 0.25) is 0 Å². The van der Waals surface area contributed by atoms with Crippen LogP contribution in [0, 0.1) is 6.92 Å². The fraction of sp³-hybridized carbons (Fsp3) is 0.294. The van der Waals surface area contributed by atoms with E-state index in [2.05, 4.69) is 43.1 Å². The van der Waals surface area contributed by atoms with E-state index in [9.17, 15) is 5.11 Å². The number of benzene rings is 2. The molecule has 0 spiro atoms. The first kappa shape index (κ1) is 14.4. The molecule has 106 valence electrons. The predicted molar refractivity (Wildman–Crippen MR) is 82.2 cm³/mol. The highest BCUT2D eigenvalue weighted by atomic mass is 16.5. The van der Waals surface area contributed by atoms with Crippen LogP contribution in [0.5, 0.6) is 5.75 Å². The molecule has 0 atom stereocenters. The number of nitrogens with zero attached hydrogens (tertiary/aromatic N) is 1. The molecular weight excluding hydrogens is 250 g/mol. The van der Waals surface area contributed by atoms with Crippen molar-refractivity contribution in [1.29, 1.82) is 0 Å². The van der Waals surface area contributed by atoms with E-state index in [0.717, 1.165) is 29.1 Å². The number of hydrogen-bond donors (Lipinski definition) is 1. The monoisotopic (exact) mass is 271 g/mol. The number of methoxy groups -OCH3 is 1. The highest BCUT2D eigenvalue weighted by Gasteiger charge is 2.08. The molecule has 0 aliphatic rings. The first-order valence-corrected chi connectivity index (χ1v) is 6.68. The third-order valence-corrected chi connectivity index (χ3v) is 3.41. The lowest BCUT2D eigenvalue weighted by Gasteiger charge is -2.21. The lowest BCUT2D eigenvalue weighted by Crippen LogP contribution is -2.17. The Morgan fingerprint density at radius 3 is 2.40 bits per heavy atom. The average Bonchev–Trinajstić information content (AvgIpc) is 2.47. The maximum Gasteiger partial charge on any atom is 0.123 e. The van der Waals surface area contributed by atoms with Crippen LogP contribution < -0.4 is 9.64 Å². The molecule has 0 aromatic heterocycles. The Balaban J connectivity index is 2.21. The fourth-order valence-corrected chi connectivity index (χ4v) is 2.20. The van der Waals surface area contributed by atoms with E-state index in [1.165, 1.54) is 5.56 Å². The second kappa shape index (κ2) is 6.44. The quantitative estimate of drug-likeness (QED) is 0.907. The van der Waals surface area contributed by atoms with Crippen molar-refractivity contribution in [2.45, 2.75) is 20.1 Å². The van der Waals surface area contributed by atoms with Gasteiger partial charge in [0.1, 0.15) is 5.75 Å². The molecule has 3 heteroatoms. The first-order chi connectivity index (χ1) is 9.63. The summed E-state index contributed by atoms with van der Waals surface area (Å²) in [5.41, 5.74) is 4.38. The van der Waals surface area contributed by atoms with Crippen molar-refractivity contribution in [3.05, 3.63) is 59.2 Å². The van der Waals surface area contributed by atoms with Crippen molar-refractivity contribution in [1.82, 2.24) is 0 Å². The zero-order chi connectivity index (χ0) is 14.5. The predicted octanol–water partition coefficient (Wildman–Crippen LogP) is 3.13. The van der Waals surface area contributed by atoms with Crippen molar-refractivity contribution in [3.8, 4) is 5.75 Å². The minimum absolute atomic E-state index is 0.0469. The van der Waals surface area contributed by atoms with E-state index < -0.39 is 0 Å². The second-order valence-corrected chi connectivity index (χ2v) is 5.00. The normalized spacial score (nSPS) is 10.4. The van der Waals surface area contributed by atoms with Crippen molar-refractivity contribution in [3.63, 3.8) is 0 Å². The first-order valence-electron chi connectivity index (χ1n) is 6.68. The third-order valence-electron chi connectivity index (χ3n) is 3.41. The summed E-state index contributed by atoms with van der Waals surface area (Å²) in [7, 11) is 3.72. The molecule has 0 aliphatic heterocycles. The molecule has 0 fully saturated rings. The maximum atomic E-state index is 9.25. The Kier molecular flexibility index (Phi) is 4.64. The summed E-state index contributed by atoms with van der Waals surface area (Å²) in [6.07, 6.45) is 0. The molecule has 1 N–H and O–H groups in total. The largest absolute Gasteiger partial charge is 0.496 e. The van der Waals surface area contributed by atoms with Crippen molar-refractivity contribution < 1.29 is 9.84 Å². The molecule has 0 unspecified atom stereocenters. The molecule has 0 amide bonds. The molecule has 20 heavy (non-hydrogen) atoms. The van der Waals surface area contributed by atoms with Crippen LogP contribution in [0.3, 0.4) is 0 Å². The average molecular weight is 271 g/mol. The number of rotatable bonds is 5. The minimum atomic E-state index is 0.0469. The lowest BCUT2D eigenvalue weighted by molar-refractivity contribution is 0.281. The van der Waals surface area contributed by atoms with E-state index >= 15 is 0 Å². The lowest BCUT2D eigenvalue weighted by atomic mass is 10.1. The van der Waals surface area contributed by atoms with Crippen LogP contribution in [0.1, 0.15) is 16.7 Å². The topological polar surface area (TPSA) is 32.7 Å². The minimum Gasteiger partial charge on any atom is -0.496 e.